The molecule has 0 heterocycles. The normalized spacial score (nSPS) is 9.47. The first kappa shape index (κ1) is 13.4. The summed E-state index contributed by atoms with van der Waals surface area (Å²) in [7, 11) is 0. The van der Waals surface area contributed by atoms with Crippen molar-refractivity contribution in [3.8, 4) is 0 Å². The Hall–Kier alpha value is -1.66. The largest absolute Gasteiger partial charge is 0.226 e. The molecule has 0 radical (unpaired) electrons. The molecule has 1 aromatic rings. The molecule has 0 aliphatic carbocycles. The van der Waals surface area contributed by atoms with Crippen molar-refractivity contribution in [1.29, 1.82) is 0 Å². The van der Waals surface area contributed by atoms with Crippen LogP contribution in [0, 0.1) is 0 Å². The predicted octanol–water partition coefficient (Wildman–Crippen LogP) is 4.11. The van der Waals surface area contributed by atoms with E-state index in [0.717, 1.165) is 25.8 Å². The maximum absolute atomic E-state index is 4.14. The lowest BCUT2D eigenvalue weighted by molar-refractivity contribution is 0.743. The van der Waals surface area contributed by atoms with Crippen LogP contribution in [0.3, 0.4) is 0 Å². The molecule has 0 aliphatic heterocycles. The SMILES string of the molecule is C=C(C)CCCCN=C=NCc1ccccc1. The van der Waals surface area contributed by atoms with Gasteiger partial charge in [-0.3, -0.25) is 0 Å². The fourth-order valence-electron chi connectivity index (χ4n) is 1.43. The lowest BCUT2D eigenvalue weighted by atomic mass is 10.1. The second kappa shape index (κ2) is 8.49. The Labute approximate surface area is 104 Å². The minimum atomic E-state index is 0.663. The molecular formula is C15H20N2. The van der Waals surface area contributed by atoms with Gasteiger partial charge in [0, 0.05) is 6.54 Å². The smallest absolute Gasteiger partial charge is 0.0896 e. The molecule has 1 aromatic carbocycles. The zero-order valence-electron chi connectivity index (χ0n) is 10.5. The van der Waals surface area contributed by atoms with Gasteiger partial charge in [-0.05, 0) is 31.7 Å². The van der Waals surface area contributed by atoms with Gasteiger partial charge in [0.25, 0.3) is 0 Å². The van der Waals surface area contributed by atoms with Crippen molar-refractivity contribution in [2.45, 2.75) is 32.7 Å². The van der Waals surface area contributed by atoms with Gasteiger partial charge in [0.05, 0.1) is 12.6 Å². The third-order valence-corrected chi connectivity index (χ3v) is 2.37. The molecule has 0 aromatic heterocycles. The van der Waals surface area contributed by atoms with Crippen LogP contribution >= 0.6 is 0 Å². The van der Waals surface area contributed by atoms with E-state index in [1.165, 1.54) is 11.1 Å². The van der Waals surface area contributed by atoms with Crippen LogP contribution in [0.5, 0.6) is 0 Å². The number of benzene rings is 1. The molecular weight excluding hydrogens is 208 g/mol. The van der Waals surface area contributed by atoms with Crippen molar-refractivity contribution in [2.24, 2.45) is 9.98 Å². The molecule has 0 fully saturated rings. The van der Waals surface area contributed by atoms with E-state index in [1.54, 1.807) is 0 Å². The number of unbranched alkanes of at least 4 members (excludes halogenated alkanes) is 1. The molecule has 0 spiro atoms. The first-order chi connectivity index (χ1) is 8.29. The van der Waals surface area contributed by atoms with Crippen molar-refractivity contribution in [3.05, 3.63) is 48.0 Å². The Bertz CT molecular complexity index is 387. The van der Waals surface area contributed by atoms with Gasteiger partial charge >= 0.3 is 0 Å². The summed E-state index contributed by atoms with van der Waals surface area (Å²) in [5.74, 6) is 0. The zero-order valence-corrected chi connectivity index (χ0v) is 10.5. The van der Waals surface area contributed by atoms with Crippen LogP contribution in [-0.4, -0.2) is 12.6 Å². The van der Waals surface area contributed by atoms with Gasteiger partial charge in [0.15, 0.2) is 0 Å². The number of hydrogen-bond donors (Lipinski definition) is 0. The van der Waals surface area contributed by atoms with Crippen LogP contribution in [0.4, 0.5) is 0 Å². The molecule has 0 atom stereocenters. The van der Waals surface area contributed by atoms with E-state index < -0.39 is 0 Å². The van der Waals surface area contributed by atoms with Crippen LogP contribution in [0.2, 0.25) is 0 Å². The second-order valence-electron chi connectivity index (χ2n) is 4.20. The van der Waals surface area contributed by atoms with Gasteiger partial charge in [0.2, 0.25) is 0 Å². The number of aliphatic imine (C=N–C) groups is 2. The van der Waals surface area contributed by atoms with Gasteiger partial charge < -0.3 is 0 Å². The minimum absolute atomic E-state index is 0.663. The Balaban J connectivity index is 2.14. The molecule has 1 rings (SSSR count). The van der Waals surface area contributed by atoms with Gasteiger partial charge in [-0.1, -0.05) is 35.9 Å². The highest BCUT2D eigenvalue weighted by molar-refractivity contribution is 5.41. The van der Waals surface area contributed by atoms with E-state index in [1.807, 2.05) is 18.2 Å². The third-order valence-electron chi connectivity index (χ3n) is 2.37. The van der Waals surface area contributed by atoms with Gasteiger partial charge in [0.1, 0.15) is 0 Å². The van der Waals surface area contributed by atoms with Crippen molar-refractivity contribution >= 4 is 6.01 Å². The molecule has 0 bridgehead atoms. The Morgan fingerprint density at radius 2 is 1.94 bits per heavy atom. The molecule has 0 aliphatic rings. The fourth-order valence-corrected chi connectivity index (χ4v) is 1.43. The maximum Gasteiger partial charge on any atom is 0.0896 e. The number of allylic oxidation sites excluding steroid dienone is 1. The van der Waals surface area contributed by atoms with Crippen LogP contribution in [-0.2, 0) is 6.54 Å². The van der Waals surface area contributed by atoms with E-state index in [2.05, 4.69) is 41.6 Å². The lowest BCUT2D eigenvalue weighted by Crippen LogP contribution is -1.82. The summed E-state index contributed by atoms with van der Waals surface area (Å²) in [6.07, 6.45) is 3.33. The van der Waals surface area contributed by atoms with Crippen molar-refractivity contribution in [2.75, 3.05) is 6.54 Å². The maximum atomic E-state index is 4.14. The highest BCUT2D eigenvalue weighted by Crippen LogP contribution is 2.03. The van der Waals surface area contributed by atoms with Crippen molar-refractivity contribution < 1.29 is 0 Å². The van der Waals surface area contributed by atoms with Crippen molar-refractivity contribution in [1.82, 2.24) is 0 Å². The average molecular weight is 228 g/mol. The quantitative estimate of drug-likeness (QED) is 0.381. The Morgan fingerprint density at radius 1 is 1.18 bits per heavy atom. The molecule has 0 saturated carbocycles. The first-order valence-corrected chi connectivity index (χ1v) is 6.05. The molecule has 0 amide bonds. The van der Waals surface area contributed by atoms with Crippen LogP contribution in [0.25, 0.3) is 0 Å². The number of nitrogens with zero attached hydrogens (tertiary/aromatic N) is 2. The summed E-state index contributed by atoms with van der Waals surface area (Å²) in [5, 5.41) is 0. The molecule has 2 heteroatoms. The zero-order chi connectivity index (χ0) is 12.3. The Kier molecular flexibility index (Phi) is 6.69. The highest BCUT2D eigenvalue weighted by atomic mass is 14.8. The summed E-state index contributed by atoms with van der Waals surface area (Å²) in [4.78, 5) is 8.28. The average Bonchev–Trinajstić information content (AvgIpc) is 2.33. The highest BCUT2D eigenvalue weighted by Gasteiger charge is 1.87. The summed E-state index contributed by atoms with van der Waals surface area (Å²) >= 11 is 0. The van der Waals surface area contributed by atoms with E-state index in [4.69, 9.17) is 0 Å². The molecule has 0 N–H and O–H groups in total. The monoisotopic (exact) mass is 228 g/mol. The lowest BCUT2D eigenvalue weighted by Gasteiger charge is -1.95. The fraction of sp³-hybridized carbons (Fsp3) is 0.400. The molecule has 90 valence electrons. The minimum Gasteiger partial charge on any atom is -0.226 e. The van der Waals surface area contributed by atoms with Crippen LogP contribution in [0.1, 0.15) is 31.7 Å². The molecule has 2 nitrogen and oxygen atoms in total. The number of rotatable bonds is 7. The van der Waals surface area contributed by atoms with Crippen LogP contribution in [0.15, 0.2) is 52.5 Å². The summed E-state index contributed by atoms with van der Waals surface area (Å²) in [6.45, 7) is 7.41. The topological polar surface area (TPSA) is 24.7 Å². The van der Waals surface area contributed by atoms with Gasteiger partial charge in [-0.15, -0.1) is 6.58 Å². The van der Waals surface area contributed by atoms with E-state index in [-0.39, 0.29) is 0 Å². The predicted molar refractivity (Wildman–Crippen MR) is 73.5 cm³/mol. The van der Waals surface area contributed by atoms with Gasteiger partial charge in [-0.2, -0.15) is 0 Å². The number of hydrogen-bond acceptors (Lipinski definition) is 2. The van der Waals surface area contributed by atoms with Crippen molar-refractivity contribution in [3.63, 3.8) is 0 Å². The Morgan fingerprint density at radius 3 is 2.65 bits per heavy atom. The summed E-state index contributed by atoms with van der Waals surface area (Å²) < 4.78 is 0. The van der Waals surface area contributed by atoms with E-state index in [0.29, 0.717) is 6.54 Å². The van der Waals surface area contributed by atoms with E-state index in [9.17, 15) is 0 Å². The summed E-state index contributed by atoms with van der Waals surface area (Å²) in [5.41, 5.74) is 2.43. The van der Waals surface area contributed by atoms with E-state index >= 15 is 0 Å². The molecule has 17 heavy (non-hydrogen) atoms. The molecule has 0 unspecified atom stereocenters. The molecule has 0 saturated heterocycles. The third kappa shape index (κ3) is 7.26. The summed E-state index contributed by atoms with van der Waals surface area (Å²) in [6, 6.07) is 12.9. The standard InChI is InChI=1S/C15H20N2/c1-14(2)8-6-7-11-16-13-17-12-15-9-4-3-5-10-15/h3-5,9-10H,1,6-8,11-12H2,2H3. The van der Waals surface area contributed by atoms with Gasteiger partial charge in [-0.25, -0.2) is 9.98 Å². The van der Waals surface area contributed by atoms with Crippen LogP contribution < -0.4 is 0 Å². The second-order valence-corrected chi connectivity index (χ2v) is 4.20. The first-order valence-electron chi connectivity index (χ1n) is 6.05.